The Morgan fingerprint density at radius 1 is 1.32 bits per heavy atom. The molecule has 2 aromatic heterocycles. The van der Waals surface area contributed by atoms with Gasteiger partial charge in [-0.1, -0.05) is 0 Å². The molecule has 2 aliphatic heterocycles. The fraction of sp³-hybridized carbons (Fsp3) is 0.579. The van der Waals surface area contributed by atoms with Crippen LogP contribution in [0.15, 0.2) is 16.8 Å². The van der Waals surface area contributed by atoms with E-state index in [1.165, 1.54) is 18.5 Å². The summed E-state index contributed by atoms with van der Waals surface area (Å²) in [5.41, 5.74) is 2.96. The van der Waals surface area contributed by atoms with Gasteiger partial charge in [-0.2, -0.15) is 0 Å². The Balaban J connectivity index is 1.64. The number of fused-ring (bicyclic) bond motifs is 1. The summed E-state index contributed by atoms with van der Waals surface area (Å²) < 4.78 is 7.69. The number of furan rings is 1. The molecular weight excluding hydrogens is 316 g/mol. The van der Waals surface area contributed by atoms with Crippen LogP contribution in [0.2, 0.25) is 0 Å². The van der Waals surface area contributed by atoms with Gasteiger partial charge in [0, 0.05) is 25.7 Å². The van der Waals surface area contributed by atoms with Crippen molar-refractivity contribution < 1.29 is 9.21 Å². The van der Waals surface area contributed by atoms with Gasteiger partial charge >= 0.3 is 0 Å². The minimum Gasteiger partial charge on any atom is -0.466 e. The van der Waals surface area contributed by atoms with E-state index in [4.69, 9.17) is 4.42 Å². The third kappa shape index (κ3) is 2.99. The van der Waals surface area contributed by atoms with Gasteiger partial charge < -0.3 is 18.8 Å². The summed E-state index contributed by atoms with van der Waals surface area (Å²) >= 11 is 0. The molecule has 2 aromatic rings. The Hall–Kier alpha value is -2.08. The lowest BCUT2D eigenvalue weighted by Gasteiger charge is -2.37. The van der Waals surface area contributed by atoms with Crippen LogP contribution < -0.4 is 0 Å². The van der Waals surface area contributed by atoms with Crippen LogP contribution in [0.25, 0.3) is 0 Å². The van der Waals surface area contributed by atoms with Crippen molar-refractivity contribution in [3.8, 4) is 0 Å². The summed E-state index contributed by atoms with van der Waals surface area (Å²) in [7, 11) is 2.04. The van der Waals surface area contributed by atoms with Crippen LogP contribution in [-0.2, 0) is 20.0 Å². The molecule has 1 atom stereocenters. The lowest BCUT2D eigenvalue weighted by atomic mass is 10.0. The molecule has 1 saturated heterocycles. The first-order valence-corrected chi connectivity index (χ1v) is 9.12. The van der Waals surface area contributed by atoms with E-state index in [2.05, 4.69) is 14.5 Å². The van der Waals surface area contributed by atoms with E-state index in [1.807, 2.05) is 38.2 Å². The molecule has 4 rings (SSSR count). The number of aromatic nitrogens is 2. The molecule has 4 heterocycles. The maximum absolute atomic E-state index is 13.2. The minimum atomic E-state index is 0.0647. The molecule has 25 heavy (non-hydrogen) atoms. The number of nitrogens with zero attached hydrogens (tertiary/aromatic N) is 4. The van der Waals surface area contributed by atoms with Gasteiger partial charge in [0.25, 0.3) is 5.91 Å². The predicted octanol–water partition coefficient (Wildman–Crippen LogP) is 2.29. The third-order valence-electron chi connectivity index (χ3n) is 5.54. The van der Waals surface area contributed by atoms with Gasteiger partial charge in [0.05, 0.1) is 30.2 Å². The number of aryl methyl sites for hydroxylation is 3. The van der Waals surface area contributed by atoms with Gasteiger partial charge in [0.1, 0.15) is 11.5 Å². The van der Waals surface area contributed by atoms with Gasteiger partial charge in [-0.3, -0.25) is 4.79 Å². The number of imidazole rings is 1. The molecule has 134 valence electrons. The molecule has 0 saturated carbocycles. The highest BCUT2D eigenvalue weighted by atomic mass is 16.3. The highest BCUT2D eigenvalue weighted by Crippen LogP contribution is 2.27. The van der Waals surface area contributed by atoms with E-state index in [0.717, 1.165) is 37.5 Å². The summed E-state index contributed by atoms with van der Waals surface area (Å²) in [4.78, 5) is 22.2. The average molecular weight is 342 g/mol. The lowest BCUT2D eigenvalue weighted by Crippen LogP contribution is -2.50. The molecule has 2 aliphatic rings. The normalized spacial score (nSPS) is 20.9. The maximum Gasteiger partial charge on any atom is 0.258 e. The monoisotopic (exact) mass is 342 g/mol. The number of likely N-dealkylation sites (tertiary alicyclic amines) is 1. The standard InChI is InChI=1S/C19H26N4O2/c1-13-8-16(14(2)25-13)19(24)23-11-17-18(21(3)12-20-17)9-15(23)10-22-6-4-5-7-22/h8,12,15H,4-7,9-11H2,1-3H3. The zero-order valence-electron chi connectivity index (χ0n) is 15.3. The van der Waals surface area contributed by atoms with E-state index in [1.54, 1.807) is 0 Å². The van der Waals surface area contributed by atoms with E-state index in [-0.39, 0.29) is 11.9 Å². The molecule has 6 heteroatoms. The topological polar surface area (TPSA) is 54.5 Å². The van der Waals surface area contributed by atoms with E-state index < -0.39 is 0 Å². The first-order valence-electron chi connectivity index (χ1n) is 9.12. The Labute approximate surface area is 148 Å². The van der Waals surface area contributed by atoms with Crippen molar-refractivity contribution in [1.29, 1.82) is 0 Å². The Morgan fingerprint density at radius 3 is 2.76 bits per heavy atom. The number of hydrogen-bond acceptors (Lipinski definition) is 4. The van der Waals surface area contributed by atoms with Crippen LogP contribution in [0, 0.1) is 13.8 Å². The number of rotatable bonds is 3. The number of amides is 1. The molecular formula is C19H26N4O2. The highest BCUT2D eigenvalue weighted by Gasteiger charge is 2.35. The van der Waals surface area contributed by atoms with Crippen molar-refractivity contribution in [2.45, 2.75) is 45.7 Å². The Bertz CT molecular complexity index is 785. The average Bonchev–Trinajstić information content (AvgIpc) is 3.29. The van der Waals surface area contributed by atoms with Gasteiger partial charge in [-0.25, -0.2) is 4.98 Å². The second-order valence-corrected chi connectivity index (χ2v) is 7.37. The third-order valence-corrected chi connectivity index (χ3v) is 5.54. The molecule has 0 spiro atoms. The lowest BCUT2D eigenvalue weighted by molar-refractivity contribution is 0.0585. The first-order chi connectivity index (χ1) is 12.0. The summed E-state index contributed by atoms with van der Waals surface area (Å²) in [6.45, 7) is 7.55. The fourth-order valence-corrected chi connectivity index (χ4v) is 4.18. The Morgan fingerprint density at radius 2 is 2.08 bits per heavy atom. The summed E-state index contributed by atoms with van der Waals surface area (Å²) in [6, 6.07) is 2.04. The second-order valence-electron chi connectivity index (χ2n) is 7.37. The van der Waals surface area contributed by atoms with Crippen LogP contribution in [0.3, 0.4) is 0 Å². The molecule has 6 nitrogen and oxygen atoms in total. The first kappa shape index (κ1) is 16.4. The van der Waals surface area contributed by atoms with Crippen molar-refractivity contribution in [3.63, 3.8) is 0 Å². The maximum atomic E-state index is 13.2. The molecule has 0 radical (unpaired) electrons. The van der Waals surface area contributed by atoms with Crippen molar-refractivity contribution in [2.75, 3.05) is 19.6 Å². The molecule has 1 amide bonds. The van der Waals surface area contributed by atoms with Gasteiger partial charge in [-0.05, 0) is 45.8 Å². The minimum absolute atomic E-state index is 0.0647. The van der Waals surface area contributed by atoms with Gasteiger partial charge in [-0.15, -0.1) is 0 Å². The van der Waals surface area contributed by atoms with Crippen molar-refractivity contribution in [1.82, 2.24) is 19.4 Å². The van der Waals surface area contributed by atoms with Crippen molar-refractivity contribution in [3.05, 3.63) is 40.9 Å². The second kappa shape index (κ2) is 6.33. The van der Waals surface area contributed by atoms with Crippen LogP contribution in [0.5, 0.6) is 0 Å². The summed E-state index contributed by atoms with van der Waals surface area (Å²) in [5.74, 6) is 1.55. The van der Waals surface area contributed by atoms with Crippen molar-refractivity contribution in [2.24, 2.45) is 7.05 Å². The quantitative estimate of drug-likeness (QED) is 0.859. The number of carbonyl (C=O) groups excluding carboxylic acids is 1. The van der Waals surface area contributed by atoms with Crippen LogP contribution in [-0.4, -0.2) is 50.9 Å². The van der Waals surface area contributed by atoms with Crippen LogP contribution in [0.4, 0.5) is 0 Å². The highest BCUT2D eigenvalue weighted by molar-refractivity contribution is 5.95. The smallest absolute Gasteiger partial charge is 0.258 e. The van der Waals surface area contributed by atoms with Crippen molar-refractivity contribution >= 4 is 5.91 Å². The molecule has 0 N–H and O–H groups in total. The van der Waals surface area contributed by atoms with Gasteiger partial charge in [0.2, 0.25) is 0 Å². The van der Waals surface area contributed by atoms with E-state index in [0.29, 0.717) is 17.9 Å². The fourth-order valence-electron chi connectivity index (χ4n) is 4.18. The molecule has 0 bridgehead atoms. The largest absolute Gasteiger partial charge is 0.466 e. The van der Waals surface area contributed by atoms with Gasteiger partial charge in [0.15, 0.2) is 0 Å². The zero-order valence-corrected chi connectivity index (χ0v) is 15.3. The molecule has 1 unspecified atom stereocenters. The zero-order chi connectivity index (χ0) is 17.6. The van der Waals surface area contributed by atoms with Crippen LogP contribution in [0.1, 0.15) is 46.1 Å². The summed E-state index contributed by atoms with van der Waals surface area (Å²) in [6.07, 6.45) is 5.25. The Kier molecular flexibility index (Phi) is 4.15. The number of hydrogen-bond donors (Lipinski definition) is 0. The van der Waals surface area contributed by atoms with Crippen LogP contribution >= 0.6 is 0 Å². The summed E-state index contributed by atoms with van der Waals surface area (Å²) in [5, 5.41) is 0. The van der Waals surface area contributed by atoms with E-state index >= 15 is 0 Å². The predicted molar refractivity (Wildman–Crippen MR) is 94.4 cm³/mol. The number of carbonyl (C=O) groups is 1. The van der Waals surface area contributed by atoms with E-state index in [9.17, 15) is 4.79 Å². The SMILES string of the molecule is Cc1cc(C(=O)N2Cc3ncn(C)c3CC2CN2CCCC2)c(C)o1. The molecule has 0 aromatic carbocycles. The molecule has 0 aliphatic carbocycles. The molecule has 1 fully saturated rings.